The SMILES string of the molecule is COc1c(Br)cc(Cl)cc1S(=O)(=O)NCC1COCCN1. The summed E-state index contributed by atoms with van der Waals surface area (Å²) in [7, 11) is -2.33. The van der Waals surface area contributed by atoms with Crippen LogP contribution in [-0.4, -0.2) is 47.9 Å². The molecule has 0 spiro atoms. The summed E-state index contributed by atoms with van der Waals surface area (Å²) in [5.74, 6) is 0.222. The number of methoxy groups -OCH3 is 1. The first-order valence-electron chi connectivity index (χ1n) is 6.28. The minimum absolute atomic E-state index is 0.00102. The number of rotatable bonds is 5. The van der Waals surface area contributed by atoms with Crippen LogP contribution in [0.5, 0.6) is 5.75 Å². The Kier molecular flexibility index (Phi) is 5.87. The molecule has 1 aromatic rings. The number of benzene rings is 1. The van der Waals surface area contributed by atoms with E-state index in [0.29, 0.717) is 29.3 Å². The van der Waals surface area contributed by atoms with Crippen molar-refractivity contribution in [1.29, 1.82) is 0 Å². The van der Waals surface area contributed by atoms with Crippen molar-refractivity contribution in [3.05, 3.63) is 21.6 Å². The lowest BCUT2D eigenvalue weighted by molar-refractivity contribution is 0.0784. The van der Waals surface area contributed by atoms with Crippen molar-refractivity contribution in [1.82, 2.24) is 10.0 Å². The summed E-state index contributed by atoms with van der Waals surface area (Å²) in [6, 6.07) is 2.89. The molecule has 0 saturated carbocycles. The molecular weight excluding hydrogens is 384 g/mol. The van der Waals surface area contributed by atoms with Crippen LogP contribution in [0.2, 0.25) is 5.02 Å². The fourth-order valence-electron chi connectivity index (χ4n) is 1.97. The summed E-state index contributed by atoms with van der Waals surface area (Å²) in [5.41, 5.74) is 0. The Bertz CT molecular complexity index is 606. The third-order valence-corrected chi connectivity index (χ3v) is 5.22. The van der Waals surface area contributed by atoms with Gasteiger partial charge in [-0.15, -0.1) is 0 Å². The topological polar surface area (TPSA) is 76.7 Å². The Balaban J connectivity index is 2.18. The smallest absolute Gasteiger partial charge is 0.244 e. The van der Waals surface area contributed by atoms with Crippen LogP contribution in [-0.2, 0) is 14.8 Å². The van der Waals surface area contributed by atoms with E-state index in [2.05, 4.69) is 26.0 Å². The van der Waals surface area contributed by atoms with Crippen LogP contribution >= 0.6 is 27.5 Å². The van der Waals surface area contributed by atoms with Gasteiger partial charge in [0, 0.05) is 24.2 Å². The average molecular weight is 400 g/mol. The molecule has 1 aliphatic rings. The highest BCUT2D eigenvalue weighted by atomic mass is 79.9. The molecule has 2 N–H and O–H groups in total. The molecule has 1 heterocycles. The second-order valence-corrected chi connectivity index (χ2v) is 7.52. The number of halogens is 2. The van der Waals surface area contributed by atoms with Crippen LogP contribution < -0.4 is 14.8 Å². The van der Waals surface area contributed by atoms with E-state index < -0.39 is 10.0 Å². The van der Waals surface area contributed by atoms with Crippen LogP contribution in [0.25, 0.3) is 0 Å². The molecular formula is C12H16BrClN2O4S. The lowest BCUT2D eigenvalue weighted by Crippen LogP contribution is -2.48. The van der Waals surface area contributed by atoms with Crippen LogP contribution in [0.1, 0.15) is 0 Å². The highest BCUT2D eigenvalue weighted by Gasteiger charge is 2.24. The van der Waals surface area contributed by atoms with E-state index >= 15 is 0 Å². The van der Waals surface area contributed by atoms with E-state index in [1.807, 2.05) is 0 Å². The van der Waals surface area contributed by atoms with Crippen molar-refractivity contribution in [2.75, 3.05) is 33.4 Å². The first-order chi connectivity index (χ1) is 9.94. The number of nitrogens with one attached hydrogen (secondary N) is 2. The maximum atomic E-state index is 12.4. The van der Waals surface area contributed by atoms with Crippen molar-refractivity contribution in [3.63, 3.8) is 0 Å². The fraction of sp³-hybridized carbons (Fsp3) is 0.500. The van der Waals surface area contributed by atoms with Gasteiger partial charge in [0.15, 0.2) is 5.75 Å². The molecule has 0 amide bonds. The van der Waals surface area contributed by atoms with Gasteiger partial charge in [-0.05, 0) is 28.1 Å². The zero-order valence-electron chi connectivity index (χ0n) is 11.4. The first-order valence-corrected chi connectivity index (χ1v) is 8.93. The quantitative estimate of drug-likeness (QED) is 0.782. The van der Waals surface area contributed by atoms with Gasteiger partial charge in [-0.3, -0.25) is 0 Å². The van der Waals surface area contributed by atoms with Crippen LogP contribution in [0, 0.1) is 0 Å². The molecule has 0 aromatic heterocycles. The van der Waals surface area contributed by atoms with Gasteiger partial charge >= 0.3 is 0 Å². The molecule has 1 saturated heterocycles. The fourth-order valence-corrected chi connectivity index (χ4v) is 4.44. The Labute approximate surface area is 137 Å². The third-order valence-electron chi connectivity index (χ3n) is 2.99. The third kappa shape index (κ3) is 4.30. The monoisotopic (exact) mass is 398 g/mol. The maximum Gasteiger partial charge on any atom is 0.244 e. The van der Waals surface area contributed by atoms with E-state index in [4.69, 9.17) is 21.1 Å². The summed E-state index contributed by atoms with van der Waals surface area (Å²) in [6.07, 6.45) is 0. The van der Waals surface area contributed by atoms with Crippen LogP contribution in [0.15, 0.2) is 21.5 Å². The van der Waals surface area contributed by atoms with Crippen molar-refractivity contribution in [2.45, 2.75) is 10.9 Å². The Morgan fingerprint density at radius 1 is 1.57 bits per heavy atom. The lowest BCUT2D eigenvalue weighted by Gasteiger charge is -2.24. The van der Waals surface area contributed by atoms with Gasteiger partial charge in [-0.2, -0.15) is 0 Å². The predicted octanol–water partition coefficient (Wildman–Crippen LogP) is 1.38. The summed E-state index contributed by atoms with van der Waals surface area (Å²) in [5, 5.41) is 3.48. The molecule has 0 aliphatic carbocycles. The summed E-state index contributed by atoms with van der Waals surface area (Å²) >= 11 is 9.17. The van der Waals surface area contributed by atoms with Gasteiger partial charge in [0.2, 0.25) is 10.0 Å². The minimum atomic E-state index is -3.73. The molecule has 1 unspecified atom stereocenters. The standard InChI is InChI=1S/C12H16BrClN2O4S/c1-19-12-10(13)4-8(14)5-11(12)21(17,18)16-6-9-7-20-3-2-15-9/h4-5,9,15-16H,2-3,6-7H2,1H3. The van der Waals surface area contributed by atoms with Crippen molar-refractivity contribution in [3.8, 4) is 5.75 Å². The molecule has 0 bridgehead atoms. The molecule has 21 heavy (non-hydrogen) atoms. The maximum absolute atomic E-state index is 12.4. The highest BCUT2D eigenvalue weighted by Crippen LogP contribution is 2.35. The average Bonchev–Trinajstić information content (AvgIpc) is 2.46. The van der Waals surface area contributed by atoms with E-state index in [0.717, 1.165) is 0 Å². The summed E-state index contributed by atoms with van der Waals surface area (Å²) < 4.78 is 38.3. The van der Waals surface area contributed by atoms with E-state index in [-0.39, 0.29) is 23.2 Å². The van der Waals surface area contributed by atoms with E-state index in [1.165, 1.54) is 13.2 Å². The van der Waals surface area contributed by atoms with Gasteiger partial charge in [-0.25, -0.2) is 13.1 Å². The van der Waals surface area contributed by atoms with Gasteiger partial charge < -0.3 is 14.8 Å². The lowest BCUT2D eigenvalue weighted by atomic mass is 10.3. The molecule has 0 radical (unpaired) electrons. The zero-order chi connectivity index (χ0) is 15.5. The molecule has 9 heteroatoms. The number of morpholine rings is 1. The van der Waals surface area contributed by atoms with Crippen molar-refractivity contribution < 1.29 is 17.9 Å². The van der Waals surface area contributed by atoms with Gasteiger partial charge in [0.1, 0.15) is 4.90 Å². The largest absolute Gasteiger partial charge is 0.494 e. The second kappa shape index (κ2) is 7.26. The molecule has 1 aliphatic heterocycles. The van der Waals surface area contributed by atoms with Crippen molar-refractivity contribution >= 4 is 37.6 Å². The first kappa shape index (κ1) is 17.0. The molecule has 1 aromatic carbocycles. The Hall–Kier alpha value is -0.380. The summed E-state index contributed by atoms with van der Waals surface area (Å²) in [4.78, 5) is 0.00102. The second-order valence-electron chi connectivity index (χ2n) is 4.50. The molecule has 2 rings (SSSR count). The summed E-state index contributed by atoms with van der Waals surface area (Å²) in [6.45, 7) is 2.05. The Morgan fingerprint density at radius 2 is 2.33 bits per heavy atom. The van der Waals surface area contributed by atoms with E-state index in [1.54, 1.807) is 6.07 Å². The zero-order valence-corrected chi connectivity index (χ0v) is 14.5. The van der Waals surface area contributed by atoms with E-state index in [9.17, 15) is 8.42 Å². The van der Waals surface area contributed by atoms with Crippen LogP contribution in [0.4, 0.5) is 0 Å². The van der Waals surface area contributed by atoms with Crippen molar-refractivity contribution in [2.24, 2.45) is 0 Å². The van der Waals surface area contributed by atoms with Gasteiger partial charge in [0.25, 0.3) is 0 Å². The number of hydrogen-bond donors (Lipinski definition) is 2. The predicted molar refractivity (Wildman–Crippen MR) is 83.5 cm³/mol. The van der Waals surface area contributed by atoms with Gasteiger partial charge in [-0.1, -0.05) is 11.6 Å². The highest BCUT2D eigenvalue weighted by molar-refractivity contribution is 9.10. The molecule has 6 nitrogen and oxygen atoms in total. The number of sulfonamides is 1. The molecule has 1 atom stereocenters. The normalized spacial score (nSPS) is 19.5. The Morgan fingerprint density at radius 3 is 2.95 bits per heavy atom. The number of hydrogen-bond acceptors (Lipinski definition) is 5. The molecule has 118 valence electrons. The van der Waals surface area contributed by atoms with Gasteiger partial charge in [0.05, 0.1) is 24.8 Å². The molecule has 1 fully saturated rings. The minimum Gasteiger partial charge on any atom is -0.494 e. The number of ether oxygens (including phenoxy) is 2. The van der Waals surface area contributed by atoms with Crippen LogP contribution in [0.3, 0.4) is 0 Å².